The second-order valence-electron chi connectivity index (χ2n) is 4.78. The molecular weight excluding hydrogens is 282 g/mol. The van der Waals surface area contributed by atoms with Gasteiger partial charge in [0.1, 0.15) is 16.9 Å². The molecule has 2 heterocycles. The minimum absolute atomic E-state index is 0.0332. The van der Waals surface area contributed by atoms with Crippen LogP contribution in [0.3, 0.4) is 0 Å². The molecule has 3 rings (SSSR count). The highest BCUT2D eigenvalue weighted by atomic mass is 32.2. The lowest BCUT2D eigenvalue weighted by atomic mass is 10.0. The Hall–Kier alpha value is -1.92. The molecule has 0 bridgehead atoms. The van der Waals surface area contributed by atoms with Crippen LogP contribution in [0, 0.1) is 0 Å². The van der Waals surface area contributed by atoms with Crippen LogP contribution in [0.4, 0.5) is 0 Å². The molecule has 3 aromatic rings. The number of rotatable bonds is 5. The van der Waals surface area contributed by atoms with E-state index in [4.69, 9.17) is 5.73 Å². The summed E-state index contributed by atoms with van der Waals surface area (Å²) < 4.78 is 0. The molecule has 1 aromatic carbocycles. The van der Waals surface area contributed by atoms with E-state index in [0.717, 1.165) is 22.5 Å². The van der Waals surface area contributed by atoms with Gasteiger partial charge in [0.2, 0.25) is 0 Å². The van der Waals surface area contributed by atoms with E-state index >= 15 is 0 Å². The molecule has 0 aliphatic rings. The van der Waals surface area contributed by atoms with E-state index in [9.17, 15) is 0 Å². The number of thioether (sulfide) groups is 1. The van der Waals surface area contributed by atoms with Gasteiger partial charge in [-0.3, -0.25) is 0 Å². The number of imidazole rings is 1. The highest BCUT2D eigenvalue weighted by Crippen LogP contribution is 2.34. The summed E-state index contributed by atoms with van der Waals surface area (Å²) in [7, 11) is 0. The van der Waals surface area contributed by atoms with E-state index in [-0.39, 0.29) is 11.3 Å². The Morgan fingerprint density at radius 1 is 1.19 bits per heavy atom. The van der Waals surface area contributed by atoms with Crippen molar-refractivity contribution in [2.45, 2.75) is 29.7 Å². The summed E-state index contributed by atoms with van der Waals surface area (Å²) >= 11 is 1.68. The maximum atomic E-state index is 6.43. The van der Waals surface area contributed by atoms with E-state index in [2.05, 4.69) is 39.0 Å². The first kappa shape index (κ1) is 14.0. The highest BCUT2D eigenvalue weighted by Gasteiger charge is 2.21. The fourth-order valence-corrected chi connectivity index (χ4v) is 3.41. The molecule has 0 amide bonds. The molecular formula is C15H17N5S. The minimum atomic E-state index is -0.0332. The van der Waals surface area contributed by atoms with Crippen LogP contribution in [0.5, 0.6) is 0 Å². The van der Waals surface area contributed by atoms with Gasteiger partial charge in [-0.25, -0.2) is 15.0 Å². The molecule has 0 radical (unpaired) electrons. The van der Waals surface area contributed by atoms with Crippen molar-refractivity contribution in [3.63, 3.8) is 0 Å². The molecule has 2 unspecified atom stereocenters. The molecule has 5 nitrogen and oxygen atoms in total. The van der Waals surface area contributed by atoms with Gasteiger partial charge in [0.25, 0.3) is 0 Å². The first-order valence-corrected chi connectivity index (χ1v) is 7.78. The highest BCUT2D eigenvalue weighted by molar-refractivity contribution is 8.00. The average Bonchev–Trinajstić information content (AvgIpc) is 3.02. The molecule has 0 aliphatic heterocycles. The number of benzene rings is 1. The monoisotopic (exact) mass is 299 g/mol. The van der Waals surface area contributed by atoms with Gasteiger partial charge in [-0.15, -0.1) is 0 Å². The Bertz CT molecular complexity index is 712. The van der Waals surface area contributed by atoms with E-state index < -0.39 is 0 Å². The van der Waals surface area contributed by atoms with Gasteiger partial charge in [0.15, 0.2) is 5.65 Å². The average molecular weight is 299 g/mol. The van der Waals surface area contributed by atoms with Crippen LogP contribution < -0.4 is 5.73 Å². The smallest absolute Gasteiger partial charge is 0.181 e. The second kappa shape index (κ2) is 6.24. The van der Waals surface area contributed by atoms with Gasteiger partial charge in [-0.05, 0) is 12.0 Å². The molecule has 6 heteroatoms. The van der Waals surface area contributed by atoms with Gasteiger partial charge >= 0.3 is 0 Å². The van der Waals surface area contributed by atoms with Crippen LogP contribution in [-0.2, 0) is 0 Å². The summed E-state index contributed by atoms with van der Waals surface area (Å²) in [5, 5.41) is 1.14. The number of aromatic nitrogens is 4. The van der Waals surface area contributed by atoms with Crippen LogP contribution in [0.2, 0.25) is 0 Å². The van der Waals surface area contributed by atoms with Crippen LogP contribution in [0.1, 0.15) is 24.9 Å². The molecule has 108 valence electrons. The number of nitrogens with zero attached hydrogens (tertiary/aromatic N) is 3. The van der Waals surface area contributed by atoms with Gasteiger partial charge in [0, 0.05) is 11.3 Å². The van der Waals surface area contributed by atoms with Crippen LogP contribution in [-0.4, -0.2) is 25.2 Å². The molecule has 0 aliphatic carbocycles. The fraction of sp³-hybridized carbons (Fsp3) is 0.267. The number of fused-ring (bicyclic) bond motifs is 1. The molecule has 0 fully saturated rings. The first-order valence-electron chi connectivity index (χ1n) is 6.91. The quantitative estimate of drug-likeness (QED) is 0.559. The number of hydrogen-bond acceptors (Lipinski definition) is 5. The Labute approximate surface area is 127 Å². The zero-order valence-corrected chi connectivity index (χ0v) is 12.5. The number of nitrogens with two attached hydrogens (primary N) is 1. The van der Waals surface area contributed by atoms with Crippen LogP contribution in [0.15, 0.2) is 48.0 Å². The van der Waals surface area contributed by atoms with E-state index in [0.29, 0.717) is 5.65 Å². The van der Waals surface area contributed by atoms with Gasteiger partial charge in [-0.1, -0.05) is 49.0 Å². The van der Waals surface area contributed by atoms with Crippen molar-refractivity contribution in [2.24, 2.45) is 5.73 Å². The van der Waals surface area contributed by atoms with E-state index in [1.54, 1.807) is 24.4 Å². The zero-order valence-electron chi connectivity index (χ0n) is 11.7. The topological polar surface area (TPSA) is 80.5 Å². The Morgan fingerprint density at radius 2 is 2.00 bits per heavy atom. The molecule has 0 saturated heterocycles. The van der Waals surface area contributed by atoms with Crippen molar-refractivity contribution in [1.29, 1.82) is 0 Å². The second-order valence-corrected chi connectivity index (χ2v) is 6.01. The Morgan fingerprint density at radius 3 is 2.76 bits per heavy atom. The summed E-state index contributed by atoms with van der Waals surface area (Å²) in [6.07, 6.45) is 4.15. The van der Waals surface area contributed by atoms with E-state index in [1.165, 1.54) is 0 Å². The summed E-state index contributed by atoms with van der Waals surface area (Å²) in [4.78, 5) is 15.8. The molecule has 3 N–H and O–H groups in total. The molecule has 21 heavy (non-hydrogen) atoms. The minimum Gasteiger partial charge on any atom is -0.341 e. The zero-order chi connectivity index (χ0) is 14.7. The summed E-state index contributed by atoms with van der Waals surface area (Å²) in [6.45, 7) is 2.14. The van der Waals surface area contributed by atoms with Crippen LogP contribution >= 0.6 is 11.8 Å². The van der Waals surface area contributed by atoms with Gasteiger partial charge < -0.3 is 10.7 Å². The fourth-order valence-electron chi connectivity index (χ4n) is 2.28. The third kappa shape index (κ3) is 2.91. The number of aromatic amines is 1. The maximum absolute atomic E-state index is 6.43. The van der Waals surface area contributed by atoms with Crippen LogP contribution in [0.25, 0.3) is 11.2 Å². The molecule has 0 spiro atoms. The Balaban J connectivity index is 1.86. The Kier molecular flexibility index (Phi) is 4.17. The predicted molar refractivity (Wildman–Crippen MR) is 85.0 cm³/mol. The van der Waals surface area contributed by atoms with Crippen molar-refractivity contribution in [3.8, 4) is 0 Å². The number of hydrogen-bond donors (Lipinski definition) is 2. The summed E-state index contributed by atoms with van der Waals surface area (Å²) in [6, 6.07) is 10.1. The summed E-state index contributed by atoms with van der Waals surface area (Å²) in [5.74, 6) is 0. The third-order valence-corrected chi connectivity index (χ3v) is 4.90. The van der Waals surface area contributed by atoms with Gasteiger partial charge in [0.05, 0.1) is 6.33 Å². The largest absolute Gasteiger partial charge is 0.341 e. The maximum Gasteiger partial charge on any atom is 0.181 e. The van der Waals surface area contributed by atoms with Crippen molar-refractivity contribution >= 4 is 22.9 Å². The third-order valence-electron chi connectivity index (χ3n) is 3.44. The van der Waals surface area contributed by atoms with Gasteiger partial charge in [-0.2, -0.15) is 0 Å². The molecule has 2 atom stereocenters. The summed E-state index contributed by atoms with van der Waals surface area (Å²) in [5.41, 5.74) is 9.14. The van der Waals surface area contributed by atoms with Crippen molar-refractivity contribution < 1.29 is 0 Å². The van der Waals surface area contributed by atoms with Crippen molar-refractivity contribution in [2.75, 3.05) is 0 Å². The van der Waals surface area contributed by atoms with E-state index in [1.807, 2.05) is 18.2 Å². The number of nitrogens with one attached hydrogen (secondary N) is 1. The molecule has 2 aromatic heterocycles. The molecule has 0 saturated carbocycles. The standard InChI is InChI=1S/C15H17N5S/c1-2-11(12(16)10-6-4-3-5-7-10)21-15-13-14(18-8-17-13)19-9-20-15/h3-9,11-12H,2,16H2,1H3,(H,17,18,19,20). The SMILES string of the molecule is CCC(Sc1ncnc2nc[nH]c12)C(N)c1ccccc1. The lowest BCUT2D eigenvalue weighted by molar-refractivity contribution is 0.655. The van der Waals surface area contributed by atoms with Crippen molar-refractivity contribution in [3.05, 3.63) is 48.5 Å². The number of H-pyrrole nitrogens is 1. The normalized spacial score (nSPS) is 14.2. The van der Waals surface area contributed by atoms with Crippen molar-refractivity contribution in [1.82, 2.24) is 19.9 Å². The first-order chi connectivity index (χ1) is 10.3. The lowest BCUT2D eigenvalue weighted by Gasteiger charge is -2.22. The lowest BCUT2D eigenvalue weighted by Crippen LogP contribution is -2.23. The predicted octanol–water partition coefficient (Wildman–Crippen LogP) is 2.92.